The molecule has 0 aromatic heterocycles. The summed E-state index contributed by atoms with van der Waals surface area (Å²) in [4.78, 5) is 23.7. The molecule has 4 N–H and O–H groups in total. The molecule has 168 valence electrons. The molecule has 0 spiro atoms. The molecule has 0 aliphatic heterocycles. The topological polar surface area (TPSA) is 86.2 Å². The van der Waals surface area contributed by atoms with E-state index in [-0.39, 0.29) is 11.6 Å². The van der Waals surface area contributed by atoms with Gasteiger partial charge in [0, 0.05) is 34.7 Å². The van der Waals surface area contributed by atoms with Gasteiger partial charge in [-0.2, -0.15) is 0 Å². The maximum atomic E-state index is 11.9. The third-order valence-corrected chi connectivity index (χ3v) is 4.90. The van der Waals surface area contributed by atoms with E-state index in [0.29, 0.717) is 22.5 Å². The standard InChI is InChI=1S/2C15H13NO/c2*16-14(12-7-3-1-4-8-12)11-15(17)13-9-5-2-6-10-13/h2*1-11H,16H2. The van der Waals surface area contributed by atoms with E-state index in [4.69, 9.17) is 11.5 Å². The molecule has 0 fully saturated rings. The fourth-order valence-electron chi connectivity index (χ4n) is 3.08. The lowest BCUT2D eigenvalue weighted by atomic mass is 10.1. The van der Waals surface area contributed by atoms with Crippen molar-refractivity contribution < 1.29 is 9.59 Å². The number of allylic oxidation sites excluding steroid dienone is 2. The summed E-state index contributed by atoms with van der Waals surface area (Å²) >= 11 is 0. The van der Waals surface area contributed by atoms with Gasteiger partial charge in [-0.3, -0.25) is 9.59 Å². The molecule has 0 saturated heterocycles. The van der Waals surface area contributed by atoms with Gasteiger partial charge in [0.15, 0.2) is 11.6 Å². The van der Waals surface area contributed by atoms with E-state index in [1.54, 1.807) is 24.3 Å². The zero-order chi connectivity index (χ0) is 24.2. The van der Waals surface area contributed by atoms with Gasteiger partial charge in [0.1, 0.15) is 0 Å². The Morgan fingerprint density at radius 1 is 0.412 bits per heavy atom. The minimum Gasteiger partial charge on any atom is -0.398 e. The van der Waals surface area contributed by atoms with E-state index in [1.807, 2.05) is 97.1 Å². The lowest BCUT2D eigenvalue weighted by molar-refractivity contribution is 0.103. The van der Waals surface area contributed by atoms with Crippen LogP contribution in [0.15, 0.2) is 133 Å². The summed E-state index contributed by atoms with van der Waals surface area (Å²) < 4.78 is 0. The summed E-state index contributed by atoms with van der Waals surface area (Å²) in [6.07, 6.45) is 2.93. The fraction of sp³-hybridized carbons (Fsp3) is 0. The van der Waals surface area contributed by atoms with Crippen molar-refractivity contribution >= 4 is 23.0 Å². The van der Waals surface area contributed by atoms with Gasteiger partial charge in [0.25, 0.3) is 0 Å². The number of hydrogen-bond donors (Lipinski definition) is 2. The molecule has 4 aromatic carbocycles. The highest BCUT2D eigenvalue weighted by Crippen LogP contribution is 2.11. The van der Waals surface area contributed by atoms with Crippen molar-refractivity contribution in [1.29, 1.82) is 0 Å². The van der Waals surface area contributed by atoms with Crippen LogP contribution in [0.3, 0.4) is 0 Å². The Morgan fingerprint density at radius 3 is 0.912 bits per heavy atom. The Morgan fingerprint density at radius 2 is 0.647 bits per heavy atom. The number of hydrogen-bond acceptors (Lipinski definition) is 4. The Bertz CT molecular complexity index is 1160. The van der Waals surface area contributed by atoms with Crippen molar-refractivity contribution in [2.45, 2.75) is 0 Å². The average Bonchev–Trinajstić information content (AvgIpc) is 2.91. The van der Waals surface area contributed by atoms with Crippen LogP contribution < -0.4 is 11.5 Å². The van der Waals surface area contributed by atoms with Crippen LogP contribution in [0.25, 0.3) is 11.4 Å². The van der Waals surface area contributed by atoms with Crippen LogP contribution in [0.4, 0.5) is 0 Å². The highest BCUT2D eigenvalue weighted by molar-refractivity contribution is 6.08. The number of rotatable bonds is 6. The predicted molar refractivity (Wildman–Crippen MR) is 139 cm³/mol. The Hall–Kier alpha value is -4.70. The smallest absolute Gasteiger partial charge is 0.187 e. The lowest BCUT2D eigenvalue weighted by Gasteiger charge is -2.01. The summed E-state index contributed by atoms with van der Waals surface area (Å²) in [6.45, 7) is 0. The minimum absolute atomic E-state index is 0.0769. The molecule has 0 aliphatic rings. The Kier molecular flexibility index (Phi) is 8.71. The van der Waals surface area contributed by atoms with Crippen molar-refractivity contribution in [1.82, 2.24) is 0 Å². The van der Waals surface area contributed by atoms with Crippen molar-refractivity contribution in [2.75, 3.05) is 0 Å². The van der Waals surface area contributed by atoms with Crippen LogP contribution in [0.5, 0.6) is 0 Å². The monoisotopic (exact) mass is 446 g/mol. The molecule has 4 nitrogen and oxygen atoms in total. The molecular weight excluding hydrogens is 420 g/mol. The summed E-state index contributed by atoms with van der Waals surface area (Å²) in [5.74, 6) is -0.154. The summed E-state index contributed by atoms with van der Waals surface area (Å²) in [5, 5.41) is 0. The summed E-state index contributed by atoms with van der Waals surface area (Å²) in [5.41, 5.74) is 15.7. The second kappa shape index (κ2) is 12.4. The quantitative estimate of drug-likeness (QED) is 0.292. The van der Waals surface area contributed by atoms with E-state index >= 15 is 0 Å². The van der Waals surface area contributed by atoms with Gasteiger partial charge in [-0.25, -0.2) is 0 Å². The molecule has 0 heterocycles. The van der Waals surface area contributed by atoms with Crippen molar-refractivity contribution in [3.63, 3.8) is 0 Å². The average molecular weight is 447 g/mol. The molecule has 0 bridgehead atoms. The van der Waals surface area contributed by atoms with Crippen LogP contribution in [0, 0.1) is 0 Å². The van der Waals surface area contributed by atoms with Gasteiger partial charge in [-0.15, -0.1) is 0 Å². The molecule has 0 aliphatic carbocycles. The minimum atomic E-state index is -0.0769. The first-order valence-corrected chi connectivity index (χ1v) is 10.8. The van der Waals surface area contributed by atoms with Crippen LogP contribution >= 0.6 is 0 Å². The van der Waals surface area contributed by atoms with Crippen LogP contribution in [-0.4, -0.2) is 11.6 Å². The molecule has 0 amide bonds. The second-order valence-electron chi connectivity index (χ2n) is 7.39. The SMILES string of the molecule is NC(=CC(=O)c1ccccc1)c1ccccc1.NC(=CC(=O)c1ccccc1)c1ccccc1. The van der Waals surface area contributed by atoms with Crippen molar-refractivity contribution in [2.24, 2.45) is 11.5 Å². The normalized spacial score (nSPS) is 11.2. The molecular formula is C30H26N2O2. The van der Waals surface area contributed by atoms with Gasteiger partial charge < -0.3 is 11.5 Å². The number of carbonyl (C=O) groups is 2. The largest absolute Gasteiger partial charge is 0.398 e. The van der Waals surface area contributed by atoms with Gasteiger partial charge in [-0.1, -0.05) is 121 Å². The molecule has 0 radical (unpaired) electrons. The van der Waals surface area contributed by atoms with Crippen LogP contribution in [0.1, 0.15) is 31.8 Å². The van der Waals surface area contributed by atoms with Gasteiger partial charge in [0.2, 0.25) is 0 Å². The summed E-state index contributed by atoms with van der Waals surface area (Å²) in [7, 11) is 0. The third-order valence-electron chi connectivity index (χ3n) is 4.90. The van der Waals surface area contributed by atoms with E-state index in [0.717, 1.165) is 11.1 Å². The van der Waals surface area contributed by atoms with E-state index in [1.165, 1.54) is 12.2 Å². The predicted octanol–water partition coefficient (Wildman–Crippen LogP) is 5.74. The molecule has 4 aromatic rings. The first-order chi connectivity index (χ1) is 16.5. The van der Waals surface area contributed by atoms with Crippen LogP contribution in [-0.2, 0) is 0 Å². The van der Waals surface area contributed by atoms with E-state index < -0.39 is 0 Å². The molecule has 4 rings (SSSR count). The van der Waals surface area contributed by atoms with E-state index in [9.17, 15) is 9.59 Å². The Balaban J connectivity index is 0.000000191. The zero-order valence-corrected chi connectivity index (χ0v) is 18.7. The lowest BCUT2D eigenvalue weighted by Crippen LogP contribution is -2.02. The number of benzene rings is 4. The fourth-order valence-corrected chi connectivity index (χ4v) is 3.08. The molecule has 4 heteroatoms. The molecule has 34 heavy (non-hydrogen) atoms. The maximum absolute atomic E-state index is 11.9. The first kappa shape index (κ1) is 24.0. The van der Waals surface area contributed by atoms with Crippen molar-refractivity contribution in [3.05, 3.63) is 156 Å². The zero-order valence-electron chi connectivity index (χ0n) is 18.7. The van der Waals surface area contributed by atoms with Crippen LogP contribution in [0.2, 0.25) is 0 Å². The van der Waals surface area contributed by atoms with Gasteiger partial charge in [0.05, 0.1) is 0 Å². The second-order valence-corrected chi connectivity index (χ2v) is 7.39. The number of nitrogens with two attached hydrogens (primary N) is 2. The molecule has 0 unspecified atom stereocenters. The number of ketones is 2. The molecule has 0 saturated carbocycles. The van der Waals surface area contributed by atoms with Gasteiger partial charge >= 0.3 is 0 Å². The first-order valence-electron chi connectivity index (χ1n) is 10.8. The molecule has 0 atom stereocenters. The Labute approximate surface area is 199 Å². The van der Waals surface area contributed by atoms with Gasteiger partial charge in [-0.05, 0) is 11.1 Å². The highest BCUT2D eigenvalue weighted by atomic mass is 16.1. The highest BCUT2D eigenvalue weighted by Gasteiger charge is 2.04. The van der Waals surface area contributed by atoms with Crippen molar-refractivity contribution in [3.8, 4) is 0 Å². The van der Waals surface area contributed by atoms with E-state index in [2.05, 4.69) is 0 Å². The third kappa shape index (κ3) is 7.18. The summed E-state index contributed by atoms with van der Waals surface area (Å²) in [6, 6.07) is 37.1. The number of carbonyl (C=O) groups excluding carboxylic acids is 2. The maximum Gasteiger partial charge on any atom is 0.187 e.